The van der Waals surface area contributed by atoms with Crippen LogP contribution in [-0.2, 0) is 6.54 Å². The molecule has 0 saturated heterocycles. The van der Waals surface area contributed by atoms with Gasteiger partial charge in [0.1, 0.15) is 11.4 Å². The third kappa shape index (κ3) is 4.26. The average Bonchev–Trinajstić information content (AvgIpc) is 2.56. The predicted octanol–water partition coefficient (Wildman–Crippen LogP) is 1.85. The summed E-state index contributed by atoms with van der Waals surface area (Å²) >= 11 is 0. The normalized spacial score (nSPS) is 10.2. The Morgan fingerprint density at radius 2 is 1.74 bits per heavy atom. The fourth-order valence-electron chi connectivity index (χ4n) is 1.95. The molecule has 0 saturated carbocycles. The van der Waals surface area contributed by atoms with E-state index in [4.69, 9.17) is 9.84 Å². The first-order valence-electron chi connectivity index (χ1n) is 7.03. The van der Waals surface area contributed by atoms with Crippen LogP contribution in [0.3, 0.4) is 0 Å². The van der Waals surface area contributed by atoms with E-state index < -0.39 is 5.97 Å². The van der Waals surface area contributed by atoms with Crippen molar-refractivity contribution in [3.8, 4) is 5.75 Å². The van der Waals surface area contributed by atoms with Crippen LogP contribution < -0.4 is 4.74 Å². The standard InChI is InChI=1S/C16H17N3O4/c1-3-23-12-6-4-11(5-7-12)10-19(2)15(20)13-8-18-14(9-17-13)16(21)22/h4-9H,3,10H2,1-2H3,(H,21,22). The van der Waals surface area contributed by atoms with Crippen LogP contribution in [0.15, 0.2) is 36.7 Å². The Morgan fingerprint density at radius 3 is 2.26 bits per heavy atom. The first-order chi connectivity index (χ1) is 11.0. The van der Waals surface area contributed by atoms with E-state index in [-0.39, 0.29) is 17.3 Å². The van der Waals surface area contributed by atoms with E-state index in [0.29, 0.717) is 13.2 Å². The van der Waals surface area contributed by atoms with E-state index >= 15 is 0 Å². The van der Waals surface area contributed by atoms with E-state index in [0.717, 1.165) is 17.5 Å². The number of carbonyl (C=O) groups excluding carboxylic acids is 1. The van der Waals surface area contributed by atoms with Crippen LogP contribution in [0.1, 0.15) is 33.5 Å². The lowest BCUT2D eigenvalue weighted by molar-refractivity contribution is 0.0687. The molecule has 0 unspecified atom stereocenters. The molecule has 1 aromatic carbocycles. The van der Waals surface area contributed by atoms with Gasteiger partial charge in [-0.3, -0.25) is 4.79 Å². The molecule has 7 heteroatoms. The molecule has 0 radical (unpaired) electrons. The van der Waals surface area contributed by atoms with Crippen molar-refractivity contribution in [3.05, 3.63) is 53.6 Å². The Hall–Kier alpha value is -2.96. The minimum absolute atomic E-state index is 0.100. The van der Waals surface area contributed by atoms with Crippen molar-refractivity contribution in [2.45, 2.75) is 13.5 Å². The maximum atomic E-state index is 12.3. The van der Waals surface area contributed by atoms with Gasteiger partial charge in [0, 0.05) is 13.6 Å². The van der Waals surface area contributed by atoms with E-state index in [9.17, 15) is 9.59 Å². The predicted molar refractivity (Wildman–Crippen MR) is 82.4 cm³/mol. The zero-order valence-electron chi connectivity index (χ0n) is 12.9. The Morgan fingerprint density at radius 1 is 1.13 bits per heavy atom. The monoisotopic (exact) mass is 315 g/mol. The molecule has 1 heterocycles. The third-order valence-corrected chi connectivity index (χ3v) is 3.09. The molecule has 0 aliphatic heterocycles. The van der Waals surface area contributed by atoms with Crippen LogP contribution in [-0.4, -0.2) is 45.5 Å². The Kier molecular flexibility index (Phi) is 5.24. The Bertz CT molecular complexity index is 683. The molecule has 0 fully saturated rings. The smallest absolute Gasteiger partial charge is 0.356 e. The van der Waals surface area contributed by atoms with Gasteiger partial charge in [0.05, 0.1) is 19.0 Å². The number of hydrogen-bond donors (Lipinski definition) is 1. The summed E-state index contributed by atoms with van der Waals surface area (Å²) in [6.45, 7) is 2.91. The number of ether oxygens (including phenoxy) is 1. The number of hydrogen-bond acceptors (Lipinski definition) is 5. The van der Waals surface area contributed by atoms with Crippen LogP contribution in [0.2, 0.25) is 0 Å². The average molecular weight is 315 g/mol. The van der Waals surface area contributed by atoms with Crippen molar-refractivity contribution >= 4 is 11.9 Å². The molecule has 2 aromatic rings. The number of aromatic nitrogens is 2. The highest BCUT2D eigenvalue weighted by atomic mass is 16.5. The summed E-state index contributed by atoms with van der Waals surface area (Å²) in [4.78, 5) is 32.0. The van der Waals surface area contributed by atoms with Crippen molar-refractivity contribution in [3.63, 3.8) is 0 Å². The molecular formula is C16H17N3O4. The lowest BCUT2D eigenvalue weighted by Crippen LogP contribution is -2.27. The van der Waals surface area contributed by atoms with Crippen LogP contribution in [0.4, 0.5) is 0 Å². The second-order valence-corrected chi connectivity index (χ2v) is 4.83. The van der Waals surface area contributed by atoms with E-state index in [2.05, 4.69) is 9.97 Å². The molecule has 2 rings (SSSR count). The van der Waals surface area contributed by atoms with Gasteiger partial charge in [-0.2, -0.15) is 0 Å². The van der Waals surface area contributed by atoms with Crippen molar-refractivity contribution < 1.29 is 19.4 Å². The molecular weight excluding hydrogens is 298 g/mol. The molecule has 0 aliphatic carbocycles. The summed E-state index contributed by atoms with van der Waals surface area (Å²) in [5.74, 6) is -0.733. The van der Waals surface area contributed by atoms with Gasteiger partial charge < -0.3 is 14.7 Å². The fraction of sp³-hybridized carbons (Fsp3) is 0.250. The maximum absolute atomic E-state index is 12.3. The first-order valence-corrected chi connectivity index (χ1v) is 7.03. The molecule has 7 nitrogen and oxygen atoms in total. The molecule has 23 heavy (non-hydrogen) atoms. The molecule has 1 amide bonds. The summed E-state index contributed by atoms with van der Waals surface area (Å²) < 4.78 is 5.37. The van der Waals surface area contributed by atoms with Crippen molar-refractivity contribution in [2.75, 3.05) is 13.7 Å². The zero-order valence-corrected chi connectivity index (χ0v) is 12.9. The highest BCUT2D eigenvalue weighted by Gasteiger charge is 2.15. The SMILES string of the molecule is CCOc1ccc(CN(C)C(=O)c2cnc(C(=O)O)cn2)cc1. The largest absolute Gasteiger partial charge is 0.494 e. The van der Waals surface area contributed by atoms with Crippen molar-refractivity contribution in [1.29, 1.82) is 0 Å². The molecule has 1 N–H and O–H groups in total. The number of amides is 1. The van der Waals surface area contributed by atoms with Crippen molar-refractivity contribution in [1.82, 2.24) is 14.9 Å². The minimum atomic E-state index is -1.18. The number of benzene rings is 1. The minimum Gasteiger partial charge on any atom is -0.494 e. The fourth-order valence-corrected chi connectivity index (χ4v) is 1.95. The third-order valence-electron chi connectivity index (χ3n) is 3.09. The van der Waals surface area contributed by atoms with E-state index in [1.807, 2.05) is 31.2 Å². The number of rotatable bonds is 6. The lowest BCUT2D eigenvalue weighted by atomic mass is 10.2. The summed E-state index contributed by atoms with van der Waals surface area (Å²) in [7, 11) is 1.64. The van der Waals surface area contributed by atoms with Gasteiger partial charge in [0.25, 0.3) is 5.91 Å². The number of carbonyl (C=O) groups is 2. The number of nitrogens with zero attached hydrogens (tertiary/aromatic N) is 3. The lowest BCUT2D eigenvalue weighted by Gasteiger charge is -2.17. The first kappa shape index (κ1) is 16.4. The van der Waals surface area contributed by atoms with E-state index in [1.165, 1.54) is 11.1 Å². The van der Waals surface area contributed by atoms with Gasteiger partial charge in [-0.25, -0.2) is 14.8 Å². The quantitative estimate of drug-likeness (QED) is 0.874. The second-order valence-electron chi connectivity index (χ2n) is 4.83. The highest BCUT2D eigenvalue weighted by molar-refractivity contribution is 5.92. The molecule has 0 atom stereocenters. The topological polar surface area (TPSA) is 92.6 Å². The summed E-state index contributed by atoms with van der Waals surface area (Å²) in [6.07, 6.45) is 2.24. The molecule has 0 spiro atoms. The molecule has 120 valence electrons. The van der Waals surface area contributed by atoms with Crippen LogP contribution in [0.5, 0.6) is 5.75 Å². The Labute approximate surface area is 133 Å². The van der Waals surface area contributed by atoms with Gasteiger partial charge >= 0.3 is 5.97 Å². The van der Waals surface area contributed by atoms with Gasteiger partial charge in [0.15, 0.2) is 5.69 Å². The number of carboxylic acid groups (broad SMARTS) is 1. The number of aromatic carboxylic acids is 1. The summed E-state index contributed by atoms with van der Waals surface area (Å²) in [5.41, 5.74) is 0.846. The zero-order chi connectivity index (χ0) is 16.8. The molecule has 1 aromatic heterocycles. The van der Waals surface area contributed by atoms with Gasteiger partial charge in [0.2, 0.25) is 0 Å². The second kappa shape index (κ2) is 7.35. The molecule has 0 bridgehead atoms. The van der Waals surface area contributed by atoms with Gasteiger partial charge in [-0.05, 0) is 24.6 Å². The van der Waals surface area contributed by atoms with Gasteiger partial charge in [-0.15, -0.1) is 0 Å². The summed E-state index contributed by atoms with van der Waals surface area (Å²) in [6, 6.07) is 7.46. The maximum Gasteiger partial charge on any atom is 0.356 e. The van der Waals surface area contributed by atoms with Crippen LogP contribution in [0.25, 0.3) is 0 Å². The Balaban J connectivity index is 2.02. The highest BCUT2D eigenvalue weighted by Crippen LogP contribution is 2.14. The van der Waals surface area contributed by atoms with Crippen LogP contribution >= 0.6 is 0 Å². The summed E-state index contributed by atoms with van der Waals surface area (Å²) in [5, 5.41) is 8.77. The van der Waals surface area contributed by atoms with E-state index in [1.54, 1.807) is 7.05 Å². The number of carboxylic acids is 1. The van der Waals surface area contributed by atoms with Crippen molar-refractivity contribution in [2.24, 2.45) is 0 Å². The molecule has 0 aliphatic rings. The van der Waals surface area contributed by atoms with Crippen LogP contribution in [0, 0.1) is 0 Å². The van der Waals surface area contributed by atoms with Gasteiger partial charge in [-0.1, -0.05) is 12.1 Å².